The number of hydrogen-bond acceptors (Lipinski definition) is 4. The second-order valence-corrected chi connectivity index (χ2v) is 6.60. The molecule has 1 heterocycles. The summed E-state index contributed by atoms with van der Waals surface area (Å²) < 4.78 is 38.9. The predicted molar refractivity (Wildman–Crippen MR) is 89.2 cm³/mol. The molecule has 2 N–H and O–H groups in total. The van der Waals surface area contributed by atoms with Gasteiger partial charge in [0.1, 0.15) is 5.54 Å². The van der Waals surface area contributed by atoms with Crippen LogP contribution in [0.15, 0.2) is 30.3 Å². The number of rotatable bonds is 7. The Labute approximate surface area is 150 Å². The highest BCUT2D eigenvalue weighted by Gasteiger charge is 2.57. The lowest BCUT2D eigenvalue weighted by molar-refractivity contribution is -0.225. The van der Waals surface area contributed by atoms with E-state index in [2.05, 4.69) is 5.32 Å². The first-order valence-electron chi connectivity index (χ1n) is 8.48. The minimum Gasteiger partial charge on any atom is -0.382 e. The van der Waals surface area contributed by atoms with Crippen LogP contribution in [0, 0.1) is 0 Å². The molecule has 0 aromatic heterocycles. The highest BCUT2D eigenvalue weighted by Crippen LogP contribution is 2.35. The van der Waals surface area contributed by atoms with E-state index in [1.165, 1.54) is 4.90 Å². The number of halogens is 3. The molecule has 1 saturated heterocycles. The van der Waals surface area contributed by atoms with E-state index in [1.54, 1.807) is 7.05 Å². The lowest BCUT2D eigenvalue weighted by atomic mass is 9.83. The Kier molecular flexibility index (Phi) is 6.41. The number of amides is 1. The Balaban J connectivity index is 1.96. The summed E-state index contributed by atoms with van der Waals surface area (Å²) in [6, 6.07) is 9.23. The van der Waals surface area contributed by atoms with Crippen molar-refractivity contribution in [1.82, 2.24) is 10.2 Å². The van der Waals surface area contributed by atoms with Crippen LogP contribution in [0.2, 0.25) is 0 Å². The number of nitrogens with zero attached hydrogens (tertiary/aromatic N) is 1. The number of aliphatic hydroxyl groups excluding tert-OH is 1. The molecule has 1 aromatic carbocycles. The van der Waals surface area contributed by atoms with Crippen molar-refractivity contribution in [2.24, 2.45) is 0 Å². The fourth-order valence-electron chi connectivity index (χ4n) is 3.25. The van der Waals surface area contributed by atoms with Gasteiger partial charge in [0.15, 0.2) is 11.9 Å². The molecule has 0 aliphatic carbocycles. The minimum absolute atomic E-state index is 0.0967. The smallest absolute Gasteiger partial charge is 0.382 e. The molecule has 1 unspecified atom stereocenters. The third kappa shape index (κ3) is 4.62. The zero-order chi connectivity index (χ0) is 19.4. The maximum Gasteiger partial charge on any atom is 0.416 e. The fraction of sp³-hybridized carbons (Fsp3) is 0.556. The maximum atomic E-state index is 13.0. The predicted octanol–water partition coefficient (Wildman–Crippen LogP) is 2.04. The number of hydrogen-bond donors (Lipinski definition) is 2. The number of nitrogens with one attached hydrogen (secondary N) is 1. The largest absolute Gasteiger partial charge is 0.416 e. The van der Waals surface area contributed by atoms with Crippen LogP contribution in [0.5, 0.6) is 0 Å². The lowest BCUT2D eigenvalue weighted by Crippen LogP contribution is -2.61. The number of carbonyl (C=O) groups is 2. The third-order valence-electron chi connectivity index (χ3n) is 4.72. The Bertz CT molecular complexity index is 628. The zero-order valence-electron chi connectivity index (χ0n) is 14.6. The molecular weight excluding hydrogens is 349 g/mol. The summed E-state index contributed by atoms with van der Waals surface area (Å²) in [4.78, 5) is 26.1. The average Bonchev–Trinajstić information content (AvgIpc) is 3.09. The maximum absolute atomic E-state index is 13.0. The molecule has 1 amide bonds. The number of alkyl halides is 3. The van der Waals surface area contributed by atoms with Crippen molar-refractivity contribution < 1.29 is 27.9 Å². The van der Waals surface area contributed by atoms with Gasteiger partial charge in [-0.3, -0.25) is 9.59 Å². The molecule has 0 radical (unpaired) electrons. The molecule has 0 bridgehead atoms. The number of ketones is 1. The first kappa shape index (κ1) is 20.4. The van der Waals surface area contributed by atoms with Crippen LogP contribution < -0.4 is 5.32 Å². The van der Waals surface area contributed by atoms with Gasteiger partial charge in [0, 0.05) is 26.4 Å². The van der Waals surface area contributed by atoms with Crippen LogP contribution in [0.3, 0.4) is 0 Å². The van der Waals surface area contributed by atoms with Gasteiger partial charge in [0.25, 0.3) is 0 Å². The summed E-state index contributed by atoms with van der Waals surface area (Å²) in [7, 11) is 1.58. The van der Waals surface area contributed by atoms with Crippen molar-refractivity contribution >= 4 is 11.7 Å². The van der Waals surface area contributed by atoms with E-state index < -0.39 is 23.6 Å². The molecule has 1 aliphatic heterocycles. The average molecular weight is 372 g/mol. The summed E-state index contributed by atoms with van der Waals surface area (Å²) in [6.07, 6.45) is -7.96. The Morgan fingerprint density at radius 2 is 1.92 bits per heavy atom. The molecular formula is C18H23F3N2O3. The minimum atomic E-state index is -4.90. The van der Waals surface area contributed by atoms with Gasteiger partial charge >= 0.3 is 6.18 Å². The number of carbonyl (C=O) groups excluding carboxylic acids is 2. The summed E-state index contributed by atoms with van der Waals surface area (Å²) in [5, 5.41) is 12.2. The normalized spacial score (nSPS) is 21.4. The fourth-order valence-corrected chi connectivity index (χ4v) is 3.25. The van der Waals surface area contributed by atoms with Crippen molar-refractivity contribution in [2.75, 3.05) is 13.6 Å². The van der Waals surface area contributed by atoms with Crippen LogP contribution >= 0.6 is 0 Å². The van der Waals surface area contributed by atoms with Gasteiger partial charge in [-0.05, 0) is 24.9 Å². The van der Waals surface area contributed by atoms with E-state index >= 15 is 0 Å². The van der Waals surface area contributed by atoms with Crippen LogP contribution in [-0.2, 0) is 16.1 Å². The SMILES string of the molecule is CN(Cc1ccccc1)C(=O)CCC(=O)[C@@]1(C(O)C(F)(F)F)CCCN1. The highest BCUT2D eigenvalue weighted by molar-refractivity contribution is 5.92. The van der Waals surface area contributed by atoms with E-state index in [0.717, 1.165) is 5.56 Å². The standard InChI is InChI=1S/C18H23F3N2O3/c1-23(12-13-6-3-2-4-7-13)15(25)9-8-14(24)17(10-5-11-22-17)16(26)18(19,20)21/h2-4,6-7,16,22,26H,5,8-12H2,1H3/t16?,17-/m1/s1. The van der Waals surface area contributed by atoms with Crippen molar-refractivity contribution in [2.45, 2.75) is 50.0 Å². The Morgan fingerprint density at radius 1 is 1.27 bits per heavy atom. The molecule has 1 aromatic rings. The van der Waals surface area contributed by atoms with Gasteiger partial charge < -0.3 is 15.3 Å². The summed E-state index contributed by atoms with van der Waals surface area (Å²) >= 11 is 0. The monoisotopic (exact) mass is 372 g/mol. The molecule has 5 nitrogen and oxygen atoms in total. The summed E-state index contributed by atoms with van der Waals surface area (Å²) in [5.74, 6) is -1.11. The molecule has 0 spiro atoms. The third-order valence-corrected chi connectivity index (χ3v) is 4.72. The molecule has 1 aliphatic rings. The molecule has 26 heavy (non-hydrogen) atoms. The van der Waals surface area contributed by atoms with Gasteiger partial charge in [0.2, 0.25) is 5.91 Å². The van der Waals surface area contributed by atoms with Gasteiger partial charge in [-0.15, -0.1) is 0 Å². The first-order chi connectivity index (χ1) is 12.2. The number of Topliss-reactive ketones (excluding diaryl/α,β-unsaturated/α-hetero) is 1. The van der Waals surface area contributed by atoms with Gasteiger partial charge in [-0.2, -0.15) is 13.2 Å². The van der Waals surface area contributed by atoms with Crippen molar-refractivity contribution in [1.29, 1.82) is 0 Å². The van der Waals surface area contributed by atoms with E-state index in [9.17, 15) is 27.9 Å². The molecule has 2 rings (SSSR count). The topological polar surface area (TPSA) is 69.6 Å². The Morgan fingerprint density at radius 3 is 2.46 bits per heavy atom. The lowest BCUT2D eigenvalue weighted by Gasteiger charge is -2.34. The molecule has 144 valence electrons. The van der Waals surface area contributed by atoms with Crippen LogP contribution in [0.4, 0.5) is 13.2 Å². The molecule has 1 fully saturated rings. The molecule has 8 heteroatoms. The molecule has 0 saturated carbocycles. The van der Waals surface area contributed by atoms with Crippen molar-refractivity contribution in [3.8, 4) is 0 Å². The first-order valence-corrected chi connectivity index (χ1v) is 8.48. The van der Waals surface area contributed by atoms with E-state index in [1.807, 2.05) is 30.3 Å². The number of benzene rings is 1. The summed E-state index contributed by atoms with van der Waals surface area (Å²) in [6.45, 7) is 0.573. The molecule has 2 atom stereocenters. The Hall–Kier alpha value is -1.93. The van der Waals surface area contributed by atoms with E-state index in [0.29, 0.717) is 13.0 Å². The van der Waals surface area contributed by atoms with E-state index in [-0.39, 0.29) is 31.7 Å². The second kappa shape index (κ2) is 8.18. The number of aliphatic hydroxyl groups is 1. The zero-order valence-corrected chi connectivity index (χ0v) is 14.6. The van der Waals surface area contributed by atoms with Crippen LogP contribution in [0.25, 0.3) is 0 Å². The van der Waals surface area contributed by atoms with Crippen LogP contribution in [-0.4, -0.2) is 53.1 Å². The highest BCUT2D eigenvalue weighted by atomic mass is 19.4. The van der Waals surface area contributed by atoms with Crippen molar-refractivity contribution in [3.63, 3.8) is 0 Å². The van der Waals surface area contributed by atoms with Crippen LogP contribution in [0.1, 0.15) is 31.2 Å². The quantitative estimate of drug-likeness (QED) is 0.769. The van der Waals surface area contributed by atoms with Gasteiger partial charge in [-0.1, -0.05) is 30.3 Å². The van der Waals surface area contributed by atoms with E-state index in [4.69, 9.17) is 0 Å². The second-order valence-electron chi connectivity index (χ2n) is 6.60. The van der Waals surface area contributed by atoms with Gasteiger partial charge in [0.05, 0.1) is 0 Å². The summed E-state index contributed by atoms with van der Waals surface area (Å²) in [5.41, 5.74) is -1.13. The van der Waals surface area contributed by atoms with Gasteiger partial charge in [-0.25, -0.2) is 0 Å². The van der Waals surface area contributed by atoms with Crippen molar-refractivity contribution in [3.05, 3.63) is 35.9 Å².